The van der Waals surface area contributed by atoms with Gasteiger partial charge in [-0.25, -0.2) is 9.61 Å². The highest BCUT2D eigenvalue weighted by molar-refractivity contribution is 7.98. The number of nitrogens with zero attached hydrogens (tertiary/aromatic N) is 3. The third-order valence-corrected chi connectivity index (χ3v) is 5.56. The SMILES string of the molecule is COc1cccc(CSc2n[nH]c(=O)c3cc(-c4ccc(OC)c(OC)c4)nn23)c1. The van der Waals surface area contributed by atoms with Crippen molar-refractivity contribution < 1.29 is 14.2 Å². The summed E-state index contributed by atoms with van der Waals surface area (Å²) in [6.45, 7) is 0. The molecule has 2 aromatic heterocycles. The molecule has 0 amide bonds. The number of aromatic amines is 1. The molecule has 0 radical (unpaired) electrons. The van der Waals surface area contributed by atoms with Crippen molar-refractivity contribution in [3.63, 3.8) is 0 Å². The van der Waals surface area contributed by atoms with Crippen LogP contribution in [0, 0.1) is 0 Å². The summed E-state index contributed by atoms with van der Waals surface area (Å²) >= 11 is 1.47. The molecule has 0 saturated heterocycles. The molecule has 0 fully saturated rings. The molecule has 1 N–H and O–H groups in total. The lowest BCUT2D eigenvalue weighted by molar-refractivity contribution is 0.355. The maximum Gasteiger partial charge on any atom is 0.290 e. The molecule has 9 heteroatoms. The Kier molecular flexibility index (Phi) is 5.62. The van der Waals surface area contributed by atoms with E-state index in [1.165, 1.54) is 11.8 Å². The largest absolute Gasteiger partial charge is 0.497 e. The van der Waals surface area contributed by atoms with Crippen LogP contribution in [-0.4, -0.2) is 41.1 Å². The molecule has 154 valence electrons. The first-order valence-corrected chi connectivity index (χ1v) is 10.1. The molecule has 0 bridgehead atoms. The molecule has 0 atom stereocenters. The van der Waals surface area contributed by atoms with E-state index in [1.54, 1.807) is 38.0 Å². The summed E-state index contributed by atoms with van der Waals surface area (Å²) in [4.78, 5) is 12.3. The normalized spacial score (nSPS) is 10.9. The standard InChI is InChI=1S/C21H20N4O4S/c1-27-15-6-4-5-13(9-15)12-30-21-23-22-20(26)17-11-16(24-25(17)21)14-7-8-18(28-2)19(10-14)29-3/h4-11H,12H2,1-3H3,(H,22,26). The van der Waals surface area contributed by atoms with Crippen molar-refractivity contribution in [3.05, 3.63) is 64.4 Å². The number of hydrogen-bond donors (Lipinski definition) is 1. The maximum absolute atomic E-state index is 12.3. The summed E-state index contributed by atoms with van der Waals surface area (Å²) in [6, 6.07) is 15.0. The van der Waals surface area contributed by atoms with Gasteiger partial charge in [-0.2, -0.15) is 5.10 Å². The van der Waals surface area contributed by atoms with Gasteiger partial charge in [0.05, 0.1) is 27.0 Å². The lowest BCUT2D eigenvalue weighted by Crippen LogP contribution is -2.13. The third-order valence-electron chi connectivity index (χ3n) is 4.56. The van der Waals surface area contributed by atoms with E-state index in [2.05, 4.69) is 15.3 Å². The monoisotopic (exact) mass is 424 g/mol. The Labute approximate surface area is 176 Å². The van der Waals surface area contributed by atoms with E-state index in [-0.39, 0.29) is 5.56 Å². The van der Waals surface area contributed by atoms with Crippen molar-refractivity contribution in [1.29, 1.82) is 0 Å². The maximum atomic E-state index is 12.3. The van der Waals surface area contributed by atoms with Crippen LogP contribution in [0.2, 0.25) is 0 Å². The van der Waals surface area contributed by atoms with Crippen LogP contribution >= 0.6 is 11.8 Å². The third kappa shape index (κ3) is 3.84. The summed E-state index contributed by atoms with van der Waals surface area (Å²) in [5.41, 5.74) is 2.63. The van der Waals surface area contributed by atoms with Crippen LogP contribution in [0.15, 0.2) is 58.5 Å². The number of nitrogens with one attached hydrogen (secondary N) is 1. The Morgan fingerprint density at radius 2 is 1.83 bits per heavy atom. The molecule has 0 aliphatic carbocycles. The second-order valence-electron chi connectivity index (χ2n) is 6.37. The fraction of sp³-hybridized carbons (Fsp3) is 0.190. The molecule has 0 unspecified atom stereocenters. The lowest BCUT2D eigenvalue weighted by Gasteiger charge is -2.08. The summed E-state index contributed by atoms with van der Waals surface area (Å²) in [5.74, 6) is 2.66. The van der Waals surface area contributed by atoms with Gasteiger partial charge >= 0.3 is 0 Å². The first-order chi connectivity index (χ1) is 14.6. The molecule has 2 aromatic carbocycles. The molecule has 4 rings (SSSR count). The quantitative estimate of drug-likeness (QED) is 0.455. The van der Waals surface area contributed by atoms with Gasteiger partial charge in [0, 0.05) is 11.3 Å². The van der Waals surface area contributed by atoms with Crippen LogP contribution in [0.1, 0.15) is 5.56 Å². The zero-order valence-electron chi connectivity index (χ0n) is 16.7. The average molecular weight is 424 g/mol. The fourth-order valence-corrected chi connectivity index (χ4v) is 3.88. The van der Waals surface area contributed by atoms with Crippen molar-refractivity contribution in [2.24, 2.45) is 0 Å². The van der Waals surface area contributed by atoms with Gasteiger partial charge in [-0.1, -0.05) is 23.9 Å². The Balaban J connectivity index is 1.69. The Morgan fingerprint density at radius 3 is 2.60 bits per heavy atom. The van der Waals surface area contributed by atoms with Gasteiger partial charge in [-0.05, 0) is 42.0 Å². The minimum absolute atomic E-state index is 0.306. The molecule has 8 nitrogen and oxygen atoms in total. The van der Waals surface area contributed by atoms with Gasteiger partial charge < -0.3 is 14.2 Å². The van der Waals surface area contributed by atoms with Crippen LogP contribution in [0.5, 0.6) is 17.2 Å². The van der Waals surface area contributed by atoms with E-state index in [0.29, 0.717) is 33.6 Å². The zero-order valence-corrected chi connectivity index (χ0v) is 17.5. The van der Waals surface area contributed by atoms with Crippen LogP contribution in [0.4, 0.5) is 0 Å². The first kappa shape index (κ1) is 19.8. The average Bonchev–Trinajstić information content (AvgIpc) is 3.25. The molecule has 0 spiro atoms. The molecule has 0 aliphatic rings. The van der Waals surface area contributed by atoms with Gasteiger partial charge in [-0.3, -0.25) is 4.79 Å². The summed E-state index contributed by atoms with van der Waals surface area (Å²) in [7, 11) is 4.80. The Bertz CT molecular complexity index is 1250. The van der Waals surface area contributed by atoms with Crippen LogP contribution < -0.4 is 19.8 Å². The van der Waals surface area contributed by atoms with Gasteiger partial charge in [-0.15, -0.1) is 5.10 Å². The second-order valence-corrected chi connectivity index (χ2v) is 7.31. The van der Waals surface area contributed by atoms with Gasteiger partial charge in [0.15, 0.2) is 11.5 Å². The number of ether oxygens (including phenoxy) is 3. The van der Waals surface area contributed by atoms with Crippen molar-refractivity contribution >= 4 is 17.3 Å². The molecular formula is C21H20N4O4S. The van der Waals surface area contributed by atoms with Crippen molar-refractivity contribution in [1.82, 2.24) is 19.8 Å². The van der Waals surface area contributed by atoms with E-state index in [9.17, 15) is 4.79 Å². The molecular weight excluding hydrogens is 404 g/mol. The molecule has 0 aliphatic heterocycles. The van der Waals surface area contributed by atoms with E-state index < -0.39 is 0 Å². The lowest BCUT2D eigenvalue weighted by atomic mass is 10.1. The zero-order chi connectivity index (χ0) is 21.1. The Morgan fingerprint density at radius 1 is 1.00 bits per heavy atom. The first-order valence-electron chi connectivity index (χ1n) is 9.09. The smallest absolute Gasteiger partial charge is 0.290 e. The number of rotatable bonds is 7. The van der Waals surface area contributed by atoms with Crippen LogP contribution in [-0.2, 0) is 5.75 Å². The second kappa shape index (κ2) is 8.50. The molecule has 4 aromatic rings. The molecule has 0 saturated carbocycles. The van der Waals surface area contributed by atoms with E-state index in [0.717, 1.165) is 16.9 Å². The number of hydrogen-bond acceptors (Lipinski definition) is 7. The highest BCUT2D eigenvalue weighted by Crippen LogP contribution is 2.32. The van der Waals surface area contributed by atoms with Gasteiger partial charge in [0.25, 0.3) is 5.56 Å². The number of methoxy groups -OCH3 is 3. The van der Waals surface area contributed by atoms with Crippen molar-refractivity contribution in [2.75, 3.05) is 21.3 Å². The predicted molar refractivity (Wildman–Crippen MR) is 115 cm³/mol. The van der Waals surface area contributed by atoms with Crippen molar-refractivity contribution in [2.45, 2.75) is 10.9 Å². The van der Waals surface area contributed by atoms with Crippen LogP contribution in [0.25, 0.3) is 16.8 Å². The van der Waals surface area contributed by atoms with Gasteiger partial charge in [0.2, 0.25) is 5.16 Å². The minimum Gasteiger partial charge on any atom is -0.497 e. The highest BCUT2D eigenvalue weighted by Gasteiger charge is 2.14. The fourth-order valence-electron chi connectivity index (χ4n) is 3.03. The van der Waals surface area contributed by atoms with E-state index in [1.807, 2.05) is 36.4 Å². The number of H-pyrrole nitrogens is 1. The molecule has 30 heavy (non-hydrogen) atoms. The van der Waals surface area contributed by atoms with Crippen LogP contribution in [0.3, 0.4) is 0 Å². The molecule has 2 heterocycles. The van der Waals surface area contributed by atoms with E-state index in [4.69, 9.17) is 14.2 Å². The number of aromatic nitrogens is 4. The number of fused-ring (bicyclic) bond motifs is 1. The highest BCUT2D eigenvalue weighted by atomic mass is 32.2. The minimum atomic E-state index is -0.306. The van der Waals surface area contributed by atoms with Gasteiger partial charge in [0.1, 0.15) is 11.3 Å². The summed E-state index contributed by atoms with van der Waals surface area (Å²) in [6.07, 6.45) is 0. The van der Waals surface area contributed by atoms with E-state index >= 15 is 0 Å². The van der Waals surface area contributed by atoms with Crippen molar-refractivity contribution in [3.8, 4) is 28.5 Å². The summed E-state index contributed by atoms with van der Waals surface area (Å²) < 4.78 is 17.5. The predicted octanol–water partition coefficient (Wildman–Crippen LogP) is 3.40. The topological polar surface area (TPSA) is 90.7 Å². The number of thioether (sulfide) groups is 1. The Hall–Kier alpha value is -3.46. The number of benzene rings is 2. The summed E-state index contributed by atoms with van der Waals surface area (Å²) in [5, 5.41) is 11.9.